The van der Waals surface area contributed by atoms with E-state index in [-0.39, 0.29) is 6.10 Å². The lowest BCUT2D eigenvalue weighted by Crippen LogP contribution is -2.39. The van der Waals surface area contributed by atoms with Gasteiger partial charge in [-0.15, -0.1) is 0 Å². The minimum atomic E-state index is 0.272. The van der Waals surface area contributed by atoms with Crippen LogP contribution in [0.5, 0.6) is 17.2 Å². The molecule has 0 amide bonds. The number of piperidine rings is 1. The largest absolute Gasteiger partial charge is 0.494 e. The summed E-state index contributed by atoms with van der Waals surface area (Å²) in [6.07, 6.45) is 3.43. The molecule has 0 unspecified atom stereocenters. The summed E-state index contributed by atoms with van der Waals surface area (Å²) in [7, 11) is 0. The third-order valence-electron chi connectivity index (χ3n) is 4.61. The van der Waals surface area contributed by atoms with Crippen LogP contribution in [0, 0.1) is 0 Å². The molecule has 0 aromatic heterocycles. The third-order valence-corrected chi connectivity index (χ3v) is 4.61. The zero-order valence-electron chi connectivity index (χ0n) is 15.6. The first-order valence-corrected chi connectivity index (χ1v) is 9.64. The highest BCUT2D eigenvalue weighted by atomic mass is 16.5. The third kappa shape index (κ3) is 5.67. The van der Waals surface area contributed by atoms with E-state index in [1.54, 1.807) is 0 Å². The quantitative estimate of drug-likeness (QED) is 0.624. The van der Waals surface area contributed by atoms with Crippen molar-refractivity contribution in [2.75, 3.05) is 32.8 Å². The Hall–Kier alpha value is -2.20. The molecule has 4 nitrogen and oxygen atoms in total. The molecule has 2 aromatic rings. The van der Waals surface area contributed by atoms with Crippen molar-refractivity contribution in [1.29, 1.82) is 0 Å². The Labute approximate surface area is 156 Å². The molecule has 0 atom stereocenters. The second kappa shape index (κ2) is 10.1. The molecule has 4 heteroatoms. The van der Waals surface area contributed by atoms with Crippen LogP contribution in [0.15, 0.2) is 54.6 Å². The number of hydrogen-bond donors (Lipinski definition) is 0. The average Bonchev–Trinajstić information content (AvgIpc) is 2.69. The first-order chi connectivity index (χ1) is 12.8. The Kier molecular flexibility index (Phi) is 7.20. The topological polar surface area (TPSA) is 30.9 Å². The minimum absolute atomic E-state index is 0.272. The first-order valence-electron chi connectivity index (χ1n) is 9.64. The van der Waals surface area contributed by atoms with Crippen LogP contribution in [0.2, 0.25) is 0 Å². The zero-order chi connectivity index (χ0) is 18.0. The van der Waals surface area contributed by atoms with Crippen LogP contribution in [0.3, 0.4) is 0 Å². The molecular weight excluding hydrogens is 326 g/mol. The van der Waals surface area contributed by atoms with E-state index in [2.05, 4.69) is 4.90 Å². The second-order valence-corrected chi connectivity index (χ2v) is 6.55. The standard InChI is InChI=1S/C22H29NO3/c1-2-24-21-11-6-7-12-22(21)26-20-13-16-23(17-14-20)15-8-18-25-19-9-4-3-5-10-19/h3-7,9-12,20H,2,8,13-18H2,1H3. The highest BCUT2D eigenvalue weighted by Gasteiger charge is 2.21. The Morgan fingerprint density at radius 3 is 2.31 bits per heavy atom. The highest BCUT2D eigenvalue weighted by molar-refractivity contribution is 5.39. The van der Waals surface area contributed by atoms with E-state index in [4.69, 9.17) is 14.2 Å². The molecule has 1 heterocycles. The number of hydrogen-bond acceptors (Lipinski definition) is 4. The number of nitrogens with zero attached hydrogens (tertiary/aromatic N) is 1. The number of para-hydroxylation sites is 3. The van der Waals surface area contributed by atoms with E-state index >= 15 is 0 Å². The summed E-state index contributed by atoms with van der Waals surface area (Å²) >= 11 is 0. The van der Waals surface area contributed by atoms with Crippen LogP contribution in [-0.2, 0) is 0 Å². The van der Waals surface area contributed by atoms with Gasteiger partial charge in [0.1, 0.15) is 11.9 Å². The molecule has 2 aromatic carbocycles. The summed E-state index contributed by atoms with van der Waals surface area (Å²) in [5, 5.41) is 0. The van der Waals surface area contributed by atoms with Crippen molar-refractivity contribution in [3.63, 3.8) is 0 Å². The molecule has 3 rings (SSSR count). The normalized spacial score (nSPS) is 15.6. The van der Waals surface area contributed by atoms with Gasteiger partial charge in [0.2, 0.25) is 0 Å². The summed E-state index contributed by atoms with van der Waals surface area (Å²) in [5.74, 6) is 2.66. The van der Waals surface area contributed by atoms with Gasteiger partial charge in [-0.3, -0.25) is 0 Å². The molecule has 1 aliphatic heterocycles. The van der Waals surface area contributed by atoms with Crippen molar-refractivity contribution in [1.82, 2.24) is 4.90 Å². The Morgan fingerprint density at radius 2 is 1.58 bits per heavy atom. The predicted molar refractivity (Wildman–Crippen MR) is 104 cm³/mol. The van der Waals surface area contributed by atoms with Crippen molar-refractivity contribution in [2.45, 2.75) is 32.3 Å². The average molecular weight is 355 g/mol. The van der Waals surface area contributed by atoms with E-state index < -0.39 is 0 Å². The SMILES string of the molecule is CCOc1ccccc1OC1CCN(CCCOc2ccccc2)CC1. The molecule has 0 radical (unpaired) electrons. The van der Waals surface area contributed by atoms with Crippen molar-refractivity contribution < 1.29 is 14.2 Å². The summed E-state index contributed by atoms with van der Waals surface area (Å²) in [4.78, 5) is 2.50. The second-order valence-electron chi connectivity index (χ2n) is 6.55. The van der Waals surface area contributed by atoms with Crippen molar-refractivity contribution in [3.8, 4) is 17.2 Å². The maximum absolute atomic E-state index is 6.19. The van der Waals surface area contributed by atoms with Gasteiger partial charge in [-0.05, 0) is 50.5 Å². The number of likely N-dealkylation sites (tertiary alicyclic amines) is 1. The van der Waals surface area contributed by atoms with Crippen LogP contribution < -0.4 is 14.2 Å². The molecule has 1 aliphatic rings. The maximum Gasteiger partial charge on any atom is 0.161 e. The van der Waals surface area contributed by atoms with E-state index in [9.17, 15) is 0 Å². The molecule has 0 bridgehead atoms. The molecule has 0 N–H and O–H groups in total. The lowest BCUT2D eigenvalue weighted by atomic mass is 10.1. The van der Waals surface area contributed by atoms with E-state index in [1.165, 1.54) is 0 Å². The van der Waals surface area contributed by atoms with Gasteiger partial charge in [0, 0.05) is 19.6 Å². The molecular formula is C22H29NO3. The Morgan fingerprint density at radius 1 is 0.885 bits per heavy atom. The molecule has 0 aliphatic carbocycles. The van der Waals surface area contributed by atoms with Crippen LogP contribution in [-0.4, -0.2) is 43.9 Å². The highest BCUT2D eigenvalue weighted by Crippen LogP contribution is 2.29. The molecule has 0 spiro atoms. The van der Waals surface area contributed by atoms with Crippen LogP contribution in [0.1, 0.15) is 26.2 Å². The smallest absolute Gasteiger partial charge is 0.161 e. The van der Waals surface area contributed by atoms with Gasteiger partial charge in [-0.25, -0.2) is 0 Å². The maximum atomic E-state index is 6.19. The van der Waals surface area contributed by atoms with Crippen LogP contribution in [0.25, 0.3) is 0 Å². The lowest BCUT2D eigenvalue weighted by Gasteiger charge is -2.32. The van der Waals surface area contributed by atoms with E-state index in [0.29, 0.717) is 6.61 Å². The predicted octanol–water partition coefficient (Wildman–Crippen LogP) is 4.40. The van der Waals surface area contributed by atoms with Gasteiger partial charge in [0.15, 0.2) is 11.5 Å². The van der Waals surface area contributed by atoms with Crippen molar-refractivity contribution in [3.05, 3.63) is 54.6 Å². The van der Waals surface area contributed by atoms with Gasteiger partial charge in [0.05, 0.1) is 13.2 Å². The zero-order valence-corrected chi connectivity index (χ0v) is 15.6. The van der Waals surface area contributed by atoms with Crippen molar-refractivity contribution in [2.24, 2.45) is 0 Å². The fraction of sp³-hybridized carbons (Fsp3) is 0.455. The van der Waals surface area contributed by atoms with E-state index in [1.807, 2.05) is 61.5 Å². The lowest BCUT2D eigenvalue weighted by molar-refractivity contribution is 0.0941. The molecule has 0 saturated carbocycles. The fourth-order valence-electron chi connectivity index (χ4n) is 3.25. The van der Waals surface area contributed by atoms with Gasteiger partial charge in [0.25, 0.3) is 0 Å². The van der Waals surface area contributed by atoms with Crippen molar-refractivity contribution >= 4 is 0 Å². The van der Waals surface area contributed by atoms with Gasteiger partial charge < -0.3 is 19.1 Å². The minimum Gasteiger partial charge on any atom is -0.494 e. The van der Waals surface area contributed by atoms with Gasteiger partial charge in [-0.1, -0.05) is 30.3 Å². The summed E-state index contributed by atoms with van der Waals surface area (Å²) in [6, 6.07) is 18.0. The first kappa shape index (κ1) is 18.6. The van der Waals surface area contributed by atoms with Crippen LogP contribution >= 0.6 is 0 Å². The Bertz CT molecular complexity index is 639. The molecule has 26 heavy (non-hydrogen) atoms. The Balaban J connectivity index is 1.35. The molecule has 140 valence electrons. The molecule has 1 fully saturated rings. The van der Waals surface area contributed by atoms with Gasteiger partial charge in [-0.2, -0.15) is 0 Å². The monoisotopic (exact) mass is 355 g/mol. The number of benzene rings is 2. The summed E-state index contributed by atoms with van der Waals surface area (Å²) in [5.41, 5.74) is 0. The number of ether oxygens (including phenoxy) is 3. The van der Waals surface area contributed by atoms with Gasteiger partial charge >= 0.3 is 0 Å². The number of rotatable bonds is 9. The summed E-state index contributed by atoms with van der Waals surface area (Å²) < 4.78 is 17.6. The molecule has 1 saturated heterocycles. The van der Waals surface area contributed by atoms with Crippen LogP contribution in [0.4, 0.5) is 0 Å². The van der Waals surface area contributed by atoms with E-state index in [0.717, 1.165) is 62.8 Å². The fourth-order valence-corrected chi connectivity index (χ4v) is 3.25. The summed E-state index contributed by atoms with van der Waals surface area (Å²) in [6.45, 7) is 6.65.